The number of carboxylic acids is 2. The quantitative estimate of drug-likeness (QED) is 0.549. The summed E-state index contributed by atoms with van der Waals surface area (Å²) in [6.45, 7) is 2.38. The third-order valence-electron chi connectivity index (χ3n) is 5.29. The van der Waals surface area contributed by atoms with Gasteiger partial charge in [0.05, 0.1) is 4.21 Å². The highest BCUT2D eigenvalue weighted by Crippen LogP contribution is 2.45. The van der Waals surface area contributed by atoms with Gasteiger partial charge in [-0.3, -0.25) is 0 Å². The minimum atomic E-state index is -2.27. The third-order valence-corrected chi connectivity index (χ3v) is 7.58. The van der Waals surface area contributed by atoms with E-state index >= 15 is 0 Å². The van der Waals surface area contributed by atoms with Crippen molar-refractivity contribution < 1.29 is 30.0 Å². The Morgan fingerprint density at radius 1 is 0.968 bits per heavy atom. The van der Waals surface area contributed by atoms with Crippen molar-refractivity contribution in [2.45, 2.75) is 35.0 Å². The number of hydrogen-bond acceptors (Lipinski definition) is 7. The standard InChI is InChI=1S/C18H19NS2.C4H6O6/c1-19-9-6-13(7-10-19)17-15-5-3-2-4-14(15)12-21-18-16(17)8-11-20-18;5-1(3(7)8)2(6)4(9)10/h2-5,8,11H,6-7,9-10,12H2,1H3;1-2,5-6H,(H,7,8)(H,9,10)/t;1-,2-/m.1/s1. The number of hydrogen-bond donors (Lipinski definition) is 4. The molecule has 2 aliphatic heterocycles. The fourth-order valence-electron chi connectivity index (χ4n) is 3.56. The number of thiophene rings is 1. The van der Waals surface area contributed by atoms with Gasteiger partial charge in [-0.2, -0.15) is 0 Å². The van der Waals surface area contributed by atoms with Gasteiger partial charge in [0.2, 0.25) is 0 Å². The number of carbonyl (C=O) groups is 2. The van der Waals surface area contributed by atoms with E-state index in [1.807, 2.05) is 23.1 Å². The molecule has 2 aliphatic rings. The van der Waals surface area contributed by atoms with E-state index < -0.39 is 24.1 Å². The predicted molar refractivity (Wildman–Crippen MR) is 120 cm³/mol. The second-order valence-corrected chi connectivity index (χ2v) is 9.58. The van der Waals surface area contributed by atoms with Crippen molar-refractivity contribution in [3.05, 3.63) is 58.0 Å². The van der Waals surface area contributed by atoms with Crippen molar-refractivity contribution in [3.63, 3.8) is 0 Å². The Morgan fingerprint density at radius 2 is 1.58 bits per heavy atom. The van der Waals surface area contributed by atoms with Crippen LogP contribution in [-0.2, 0) is 15.3 Å². The summed E-state index contributed by atoms with van der Waals surface area (Å²) in [5.74, 6) is -2.44. The van der Waals surface area contributed by atoms with Crippen LogP contribution in [0.3, 0.4) is 0 Å². The molecule has 9 heteroatoms. The number of thioether (sulfide) groups is 1. The lowest BCUT2D eigenvalue weighted by Crippen LogP contribution is -2.39. The maximum atomic E-state index is 9.77. The Labute approximate surface area is 188 Å². The smallest absolute Gasteiger partial charge is 0.335 e. The molecule has 0 spiro atoms. The molecule has 1 fully saturated rings. The first kappa shape index (κ1) is 23.5. The fraction of sp³-hybridized carbons (Fsp3) is 0.364. The van der Waals surface area contributed by atoms with Crippen molar-refractivity contribution in [1.29, 1.82) is 0 Å². The van der Waals surface area contributed by atoms with Crippen LogP contribution in [0.5, 0.6) is 0 Å². The SMILES string of the molecule is CN1CCC(=C2c3ccccc3CSc3sccc32)CC1.O=C(O)[C@H](O)[C@@H](O)C(=O)O. The molecule has 2 atom stereocenters. The first-order chi connectivity index (χ1) is 14.8. The molecule has 0 amide bonds. The van der Waals surface area contributed by atoms with Gasteiger partial charge in [0.25, 0.3) is 0 Å². The van der Waals surface area contributed by atoms with E-state index in [1.165, 1.54) is 46.8 Å². The molecule has 4 rings (SSSR count). The molecular weight excluding hydrogens is 438 g/mol. The third kappa shape index (κ3) is 5.55. The van der Waals surface area contributed by atoms with Gasteiger partial charge in [-0.25, -0.2) is 9.59 Å². The number of aliphatic hydroxyl groups excluding tert-OH is 2. The first-order valence-corrected chi connectivity index (χ1v) is 11.7. The zero-order valence-electron chi connectivity index (χ0n) is 17.0. The minimum Gasteiger partial charge on any atom is -0.479 e. The van der Waals surface area contributed by atoms with Gasteiger partial charge >= 0.3 is 11.9 Å². The average molecular weight is 464 g/mol. The van der Waals surface area contributed by atoms with E-state index in [-0.39, 0.29) is 0 Å². The highest BCUT2D eigenvalue weighted by molar-refractivity contribution is 8.00. The molecule has 1 aromatic heterocycles. The number of carboxylic acid groups (broad SMARTS) is 2. The van der Waals surface area contributed by atoms with E-state index in [0.29, 0.717) is 0 Å². The van der Waals surface area contributed by atoms with Crippen LogP contribution in [0.2, 0.25) is 0 Å². The summed E-state index contributed by atoms with van der Waals surface area (Å²) in [5, 5.41) is 34.8. The topological polar surface area (TPSA) is 118 Å². The van der Waals surface area contributed by atoms with Gasteiger partial charge in [-0.15, -0.1) is 23.1 Å². The van der Waals surface area contributed by atoms with Gasteiger partial charge in [-0.05, 0) is 48.0 Å². The molecule has 0 aliphatic carbocycles. The van der Waals surface area contributed by atoms with Crippen molar-refractivity contribution in [3.8, 4) is 0 Å². The number of benzene rings is 1. The van der Waals surface area contributed by atoms with E-state index in [4.69, 9.17) is 20.4 Å². The molecule has 0 bridgehead atoms. The van der Waals surface area contributed by atoms with Crippen molar-refractivity contribution in [2.24, 2.45) is 0 Å². The first-order valence-electron chi connectivity index (χ1n) is 9.80. The Hall–Kier alpha value is -2.17. The highest BCUT2D eigenvalue weighted by Gasteiger charge is 2.29. The summed E-state index contributed by atoms with van der Waals surface area (Å²) in [7, 11) is 2.23. The van der Waals surface area contributed by atoms with Crippen LogP contribution in [0.4, 0.5) is 0 Å². The molecule has 0 radical (unpaired) electrons. The van der Waals surface area contributed by atoms with Crippen LogP contribution in [-0.4, -0.2) is 69.6 Å². The van der Waals surface area contributed by atoms with Crippen LogP contribution in [0, 0.1) is 0 Å². The zero-order valence-corrected chi connectivity index (χ0v) is 18.7. The molecule has 0 unspecified atom stereocenters. The molecule has 4 N–H and O–H groups in total. The van der Waals surface area contributed by atoms with Crippen LogP contribution in [0.1, 0.15) is 29.5 Å². The zero-order chi connectivity index (χ0) is 22.5. The van der Waals surface area contributed by atoms with Gasteiger partial charge in [-0.1, -0.05) is 29.8 Å². The summed E-state index contributed by atoms with van der Waals surface area (Å²) >= 11 is 3.90. The van der Waals surface area contributed by atoms with E-state index in [0.717, 1.165) is 5.75 Å². The Balaban J connectivity index is 0.000000233. The summed E-state index contributed by atoms with van der Waals surface area (Å²) in [6.07, 6.45) is -2.12. The van der Waals surface area contributed by atoms with E-state index in [9.17, 15) is 9.59 Å². The molecule has 1 saturated heterocycles. The minimum absolute atomic E-state index is 1.10. The van der Waals surface area contributed by atoms with Crippen LogP contribution >= 0.6 is 23.1 Å². The number of nitrogens with zero attached hydrogens (tertiary/aromatic N) is 1. The molecule has 1 aromatic carbocycles. The summed E-state index contributed by atoms with van der Waals surface area (Å²) in [6, 6.07) is 11.3. The van der Waals surface area contributed by atoms with Crippen LogP contribution in [0.25, 0.3) is 5.57 Å². The lowest BCUT2D eigenvalue weighted by molar-refractivity contribution is -0.165. The fourth-order valence-corrected chi connectivity index (χ4v) is 5.66. The largest absolute Gasteiger partial charge is 0.479 e. The molecule has 2 aromatic rings. The molecule has 166 valence electrons. The number of piperidine rings is 1. The van der Waals surface area contributed by atoms with Crippen molar-refractivity contribution in [1.82, 2.24) is 4.90 Å². The Morgan fingerprint density at radius 3 is 2.19 bits per heavy atom. The normalized spacial score (nSPS) is 18.0. The monoisotopic (exact) mass is 463 g/mol. The maximum absolute atomic E-state index is 9.77. The summed E-state index contributed by atoms with van der Waals surface area (Å²) < 4.78 is 1.49. The molecular formula is C22H25NO6S2. The highest BCUT2D eigenvalue weighted by atomic mass is 32.2. The van der Waals surface area contributed by atoms with Crippen LogP contribution < -0.4 is 0 Å². The Kier molecular flexibility index (Phi) is 7.90. The number of likely N-dealkylation sites (tertiary alicyclic amines) is 1. The summed E-state index contributed by atoms with van der Waals surface area (Å²) in [5.41, 5.74) is 7.64. The summed E-state index contributed by atoms with van der Waals surface area (Å²) in [4.78, 5) is 22.0. The van der Waals surface area contributed by atoms with E-state index in [1.54, 1.807) is 11.1 Å². The van der Waals surface area contributed by atoms with Crippen LogP contribution in [0.15, 0.2) is 45.5 Å². The second-order valence-electron chi connectivity index (χ2n) is 7.42. The molecule has 3 heterocycles. The van der Waals surface area contributed by atoms with Gasteiger partial charge in [0.1, 0.15) is 0 Å². The number of fused-ring (bicyclic) bond motifs is 2. The predicted octanol–water partition coefficient (Wildman–Crippen LogP) is 2.76. The Bertz CT molecular complexity index is 958. The number of aliphatic carboxylic acids is 2. The van der Waals surface area contributed by atoms with Gasteiger partial charge in [0, 0.05) is 24.4 Å². The molecule has 31 heavy (non-hydrogen) atoms. The molecule has 7 nitrogen and oxygen atoms in total. The van der Waals surface area contributed by atoms with Gasteiger partial charge in [0.15, 0.2) is 12.2 Å². The number of rotatable bonds is 3. The maximum Gasteiger partial charge on any atom is 0.335 e. The molecule has 0 saturated carbocycles. The van der Waals surface area contributed by atoms with Crippen molar-refractivity contribution in [2.75, 3.05) is 20.1 Å². The second kappa shape index (κ2) is 10.4. The van der Waals surface area contributed by atoms with Crippen molar-refractivity contribution >= 4 is 40.6 Å². The van der Waals surface area contributed by atoms with E-state index in [2.05, 4.69) is 47.7 Å². The van der Waals surface area contributed by atoms with Gasteiger partial charge < -0.3 is 25.3 Å². The lowest BCUT2D eigenvalue weighted by atomic mass is 9.88. The number of aliphatic hydroxyl groups is 2. The lowest BCUT2D eigenvalue weighted by Gasteiger charge is -2.27. The average Bonchev–Trinajstić information content (AvgIpc) is 3.16.